The number of nitrogens with two attached hydrogens (primary N) is 1. The quantitative estimate of drug-likeness (QED) is 0.795. The van der Waals surface area contributed by atoms with Gasteiger partial charge in [0.1, 0.15) is 0 Å². The Morgan fingerprint density at radius 3 is 3.05 bits per heavy atom. The molecule has 0 saturated carbocycles. The second-order valence-corrected chi connectivity index (χ2v) is 5.90. The SMILES string of the molecule is CC(CN1CCOCC1)NC(=O)c1csc(C#CCN)c1. The molecular weight excluding hydrogens is 286 g/mol. The normalized spacial score (nSPS) is 16.9. The van der Waals surface area contributed by atoms with Gasteiger partial charge in [-0.1, -0.05) is 11.8 Å². The van der Waals surface area contributed by atoms with Gasteiger partial charge < -0.3 is 15.8 Å². The standard InChI is InChI=1S/C15H21N3O2S/c1-12(10-18-5-7-20-8-6-18)17-15(19)13-9-14(21-11-13)3-2-4-16/h9,11-12H,4-8,10,16H2,1H3,(H,17,19). The molecule has 21 heavy (non-hydrogen) atoms. The van der Waals surface area contributed by atoms with E-state index in [0.29, 0.717) is 12.1 Å². The molecule has 0 aromatic carbocycles. The van der Waals surface area contributed by atoms with Gasteiger partial charge in [0.25, 0.3) is 5.91 Å². The largest absolute Gasteiger partial charge is 0.379 e. The van der Waals surface area contributed by atoms with Gasteiger partial charge in [0.05, 0.1) is 30.2 Å². The Morgan fingerprint density at radius 2 is 2.33 bits per heavy atom. The summed E-state index contributed by atoms with van der Waals surface area (Å²) in [5.41, 5.74) is 6.00. The van der Waals surface area contributed by atoms with Crippen molar-refractivity contribution in [1.29, 1.82) is 0 Å². The van der Waals surface area contributed by atoms with Crippen molar-refractivity contribution in [2.75, 3.05) is 39.4 Å². The van der Waals surface area contributed by atoms with Gasteiger partial charge in [-0.05, 0) is 13.0 Å². The monoisotopic (exact) mass is 307 g/mol. The predicted molar refractivity (Wildman–Crippen MR) is 84.4 cm³/mol. The number of nitrogens with one attached hydrogen (secondary N) is 1. The molecule has 1 amide bonds. The summed E-state index contributed by atoms with van der Waals surface area (Å²) in [6, 6.07) is 1.92. The van der Waals surface area contributed by atoms with Crippen LogP contribution in [0.25, 0.3) is 0 Å². The van der Waals surface area contributed by atoms with Crippen LogP contribution in [0.15, 0.2) is 11.4 Å². The first-order valence-electron chi connectivity index (χ1n) is 7.07. The van der Waals surface area contributed by atoms with Crippen LogP contribution in [0.3, 0.4) is 0 Å². The average Bonchev–Trinajstić information content (AvgIpc) is 2.95. The van der Waals surface area contributed by atoms with E-state index in [-0.39, 0.29) is 11.9 Å². The van der Waals surface area contributed by atoms with Crippen molar-refractivity contribution in [3.8, 4) is 11.8 Å². The number of hydrogen-bond donors (Lipinski definition) is 2. The van der Waals surface area contributed by atoms with Crippen molar-refractivity contribution in [2.24, 2.45) is 5.73 Å². The van der Waals surface area contributed by atoms with Crippen LogP contribution in [0, 0.1) is 11.8 Å². The van der Waals surface area contributed by atoms with Crippen LogP contribution in [0.4, 0.5) is 0 Å². The lowest BCUT2D eigenvalue weighted by atomic mass is 10.2. The minimum Gasteiger partial charge on any atom is -0.379 e. The van der Waals surface area contributed by atoms with Crippen LogP contribution >= 0.6 is 11.3 Å². The topological polar surface area (TPSA) is 67.6 Å². The molecule has 1 aromatic rings. The highest BCUT2D eigenvalue weighted by atomic mass is 32.1. The number of amides is 1. The Kier molecular flexibility index (Phi) is 6.21. The fourth-order valence-corrected chi connectivity index (χ4v) is 2.94. The number of thiophene rings is 1. The van der Waals surface area contributed by atoms with Gasteiger partial charge >= 0.3 is 0 Å². The number of nitrogens with zero attached hydrogens (tertiary/aromatic N) is 1. The lowest BCUT2D eigenvalue weighted by Gasteiger charge is -2.29. The molecular formula is C15H21N3O2S. The molecule has 1 aromatic heterocycles. The Balaban J connectivity index is 1.83. The number of carbonyl (C=O) groups excluding carboxylic acids is 1. The minimum atomic E-state index is -0.0483. The van der Waals surface area contributed by atoms with E-state index >= 15 is 0 Å². The minimum absolute atomic E-state index is 0.0483. The van der Waals surface area contributed by atoms with E-state index in [1.165, 1.54) is 11.3 Å². The summed E-state index contributed by atoms with van der Waals surface area (Å²) < 4.78 is 5.32. The number of carbonyl (C=O) groups is 1. The Morgan fingerprint density at radius 1 is 1.57 bits per heavy atom. The van der Waals surface area contributed by atoms with Crippen LogP contribution in [0.5, 0.6) is 0 Å². The fraction of sp³-hybridized carbons (Fsp3) is 0.533. The van der Waals surface area contributed by atoms with Gasteiger partial charge in [-0.15, -0.1) is 11.3 Å². The highest BCUT2D eigenvalue weighted by molar-refractivity contribution is 7.10. The fourth-order valence-electron chi connectivity index (χ4n) is 2.18. The van der Waals surface area contributed by atoms with Crippen LogP contribution < -0.4 is 11.1 Å². The summed E-state index contributed by atoms with van der Waals surface area (Å²) in [7, 11) is 0. The Hall–Kier alpha value is -1.39. The van der Waals surface area contributed by atoms with E-state index in [1.54, 1.807) is 0 Å². The molecule has 2 heterocycles. The van der Waals surface area contributed by atoms with Gasteiger partial charge in [-0.25, -0.2) is 0 Å². The average molecular weight is 307 g/mol. The molecule has 6 heteroatoms. The van der Waals surface area contributed by atoms with Crippen molar-refractivity contribution in [2.45, 2.75) is 13.0 Å². The van der Waals surface area contributed by atoms with Crippen molar-refractivity contribution in [3.63, 3.8) is 0 Å². The molecule has 0 aliphatic carbocycles. The van der Waals surface area contributed by atoms with E-state index in [1.807, 2.05) is 18.4 Å². The van der Waals surface area contributed by atoms with Crippen molar-refractivity contribution in [3.05, 3.63) is 21.9 Å². The van der Waals surface area contributed by atoms with E-state index in [4.69, 9.17) is 10.5 Å². The number of ether oxygens (including phenoxy) is 1. The Labute approximate surface area is 129 Å². The second kappa shape index (κ2) is 8.15. The molecule has 1 aliphatic rings. The highest BCUT2D eigenvalue weighted by Crippen LogP contribution is 2.13. The van der Waals surface area contributed by atoms with Crippen molar-refractivity contribution < 1.29 is 9.53 Å². The molecule has 0 bridgehead atoms. The van der Waals surface area contributed by atoms with Gasteiger partial charge in [0.15, 0.2) is 0 Å². The smallest absolute Gasteiger partial charge is 0.252 e. The van der Waals surface area contributed by atoms with Gasteiger partial charge in [0.2, 0.25) is 0 Å². The first-order chi connectivity index (χ1) is 10.2. The summed E-state index contributed by atoms with van der Waals surface area (Å²) in [5.74, 6) is 5.68. The highest BCUT2D eigenvalue weighted by Gasteiger charge is 2.16. The lowest BCUT2D eigenvalue weighted by Crippen LogP contribution is -2.45. The van der Waals surface area contributed by atoms with Gasteiger partial charge in [0, 0.05) is 31.1 Å². The van der Waals surface area contributed by atoms with Crippen molar-refractivity contribution in [1.82, 2.24) is 10.2 Å². The zero-order chi connectivity index (χ0) is 15.1. The Bertz CT molecular complexity index is 527. The molecule has 1 fully saturated rings. The van der Waals surface area contributed by atoms with E-state index in [2.05, 4.69) is 22.1 Å². The molecule has 1 atom stereocenters. The summed E-state index contributed by atoms with van der Waals surface area (Å²) in [5, 5.41) is 4.86. The summed E-state index contributed by atoms with van der Waals surface area (Å²) in [6.45, 7) is 6.60. The maximum absolute atomic E-state index is 12.2. The molecule has 114 valence electrons. The first kappa shape index (κ1) is 16.0. The molecule has 0 spiro atoms. The van der Waals surface area contributed by atoms with Crippen molar-refractivity contribution >= 4 is 17.2 Å². The van der Waals surface area contributed by atoms with E-state index in [0.717, 1.165) is 37.7 Å². The lowest BCUT2D eigenvalue weighted by molar-refractivity contribution is 0.0342. The van der Waals surface area contributed by atoms with E-state index in [9.17, 15) is 4.79 Å². The van der Waals surface area contributed by atoms with Crippen LogP contribution in [-0.4, -0.2) is 56.2 Å². The van der Waals surface area contributed by atoms with E-state index < -0.39 is 0 Å². The molecule has 0 radical (unpaired) electrons. The molecule has 1 saturated heterocycles. The predicted octanol–water partition coefficient (Wildman–Crippen LogP) is 0.509. The maximum Gasteiger partial charge on any atom is 0.252 e. The third kappa shape index (κ3) is 5.14. The molecule has 2 rings (SSSR count). The number of rotatable bonds is 4. The van der Waals surface area contributed by atoms with Crippen LogP contribution in [0.1, 0.15) is 22.2 Å². The zero-order valence-corrected chi connectivity index (χ0v) is 13.0. The van der Waals surface area contributed by atoms with Gasteiger partial charge in [-0.2, -0.15) is 0 Å². The van der Waals surface area contributed by atoms with Crippen LogP contribution in [0.2, 0.25) is 0 Å². The van der Waals surface area contributed by atoms with Gasteiger partial charge in [-0.3, -0.25) is 9.69 Å². The third-order valence-electron chi connectivity index (χ3n) is 3.19. The summed E-state index contributed by atoms with van der Waals surface area (Å²) in [6.07, 6.45) is 0. The molecule has 5 nitrogen and oxygen atoms in total. The maximum atomic E-state index is 12.2. The third-order valence-corrected chi connectivity index (χ3v) is 4.03. The number of hydrogen-bond acceptors (Lipinski definition) is 5. The molecule has 3 N–H and O–H groups in total. The zero-order valence-electron chi connectivity index (χ0n) is 12.2. The molecule has 1 unspecified atom stereocenters. The second-order valence-electron chi connectivity index (χ2n) is 4.99. The summed E-state index contributed by atoms with van der Waals surface area (Å²) >= 11 is 1.46. The molecule has 1 aliphatic heterocycles. The van der Waals surface area contributed by atoms with Crippen LogP contribution in [-0.2, 0) is 4.74 Å². The number of morpholine rings is 1. The first-order valence-corrected chi connectivity index (χ1v) is 7.95. The summed E-state index contributed by atoms with van der Waals surface area (Å²) in [4.78, 5) is 15.3.